The number of hydrogen-bond donors (Lipinski definition) is 2. The van der Waals surface area contributed by atoms with Gasteiger partial charge in [0.2, 0.25) is 10.0 Å². The highest BCUT2D eigenvalue weighted by Crippen LogP contribution is 2.25. The van der Waals surface area contributed by atoms with Gasteiger partial charge >= 0.3 is 0 Å². The molecule has 0 saturated heterocycles. The van der Waals surface area contributed by atoms with Crippen molar-refractivity contribution < 1.29 is 13.3 Å². The van der Waals surface area contributed by atoms with E-state index in [1.807, 2.05) is 47.9 Å². The SMILES string of the molecule is Cc1cc(C)c(C)c(S(=O)(=O)NCC[NH+](C)C)c1C. The van der Waals surface area contributed by atoms with E-state index in [0.29, 0.717) is 11.4 Å². The number of likely N-dealkylation sites (N-methyl/N-ethyl adjacent to an activating group) is 1. The fourth-order valence-electron chi connectivity index (χ4n) is 2.09. The fraction of sp³-hybridized carbons (Fsp3) is 0.571. The molecule has 0 radical (unpaired) electrons. The summed E-state index contributed by atoms with van der Waals surface area (Å²) in [6, 6.07) is 2.04. The number of rotatable bonds is 5. The molecule has 2 N–H and O–H groups in total. The molecule has 5 heteroatoms. The predicted octanol–water partition coefficient (Wildman–Crippen LogP) is 0.343. The van der Waals surface area contributed by atoms with Crippen molar-refractivity contribution in [1.29, 1.82) is 0 Å². The van der Waals surface area contributed by atoms with Crippen molar-refractivity contribution in [2.24, 2.45) is 0 Å². The summed E-state index contributed by atoms with van der Waals surface area (Å²) in [6.45, 7) is 8.86. The lowest BCUT2D eigenvalue weighted by Crippen LogP contribution is -3.06. The highest BCUT2D eigenvalue weighted by molar-refractivity contribution is 7.89. The maximum absolute atomic E-state index is 12.4. The van der Waals surface area contributed by atoms with Gasteiger partial charge in [-0.15, -0.1) is 0 Å². The highest BCUT2D eigenvalue weighted by Gasteiger charge is 2.21. The Morgan fingerprint density at radius 2 is 1.53 bits per heavy atom. The quantitative estimate of drug-likeness (QED) is 0.820. The molecule has 1 aromatic carbocycles. The average molecular weight is 285 g/mol. The number of benzene rings is 1. The molecule has 0 aromatic heterocycles. The van der Waals surface area contributed by atoms with Crippen LogP contribution in [0, 0.1) is 27.7 Å². The molecule has 0 aliphatic carbocycles. The first-order valence-electron chi connectivity index (χ1n) is 6.53. The van der Waals surface area contributed by atoms with Crippen LogP contribution in [0.1, 0.15) is 22.3 Å². The van der Waals surface area contributed by atoms with E-state index < -0.39 is 10.0 Å². The minimum atomic E-state index is -3.43. The van der Waals surface area contributed by atoms with Crippen LogP contribution in [-0.2, 0) is 10.0 Å². The van der Waals surface area contributed by atoms with Gasteiger partial charge in [0.1, 0.15) is 0 Å². The van der Waals surface area contributed by atoms with Crippen LogP contribution in [0.4, 0.5) is 0 Å². The van der Waals surface area contributed by atoms with Gasteiger partial charge in [0, 0.05) is 0 Å². The predicted molar refractivity (Wildman–Crippen MR) is 78.3 cm³/mol. The molecule has 19 heavy (non-hydrogen) atoms. The minimum Gasteiger partial charge on any atom is -0.339 e. The second kappa shape index (κ2) is 6.03. The van der Waals surface area contributed by atoms with E-state index in [4.69, 9.17) is 0 Å². The van der Waals surface area contributed by atoms with Gasteiger partial charge in [0.05, 0.1) is 32.1 Å². The lowest BCUT2D eigenvalue weighted by molar-refractivity contribution is -0.856. The summed E-state index contributed by atoms with van der Waals surface area (Å²) in [7, 11) is 0.578. The number of nitrogens with one attached hydrogen (secondary N) is 2. The van der Waals surface area contributed by atoms with Crippen molar-refractivity contribution in [3.63, 3.8) is 0 Å². The van der Waals surface area contributed by atoms with Gasteiger partial charge in [-0.05, 0) is 49.9 Å². The third-order valence-corrected chi connectivity index (χ3v) is 5.22. The van der Waals surface area contributed by atoms with E-state index in [2.05, 4.69) is 4.72 Å². The molecule has 108 valence electrons. The Bertz CT molecular complexity index is 537. The first-order valence-corrected chi connectivity index (χ1v) is 8.01. The molecule has 0 aliphatic rings. The molecule has 0 aliphatic heterocycles. The van der Waals surface area contributed by atoms with Gasteiger partial charge in [-0.25, -0.2) is 13.1 Å². The number of hydrogen-bond acceptors (Lipinski definition) is 2. The molecule has 4 nitrogen and oxygen atoms in total. The average Bonchev–Trinajstić information content (AvgIpc) is 2.25. The molecule has 0 atom stereocenters. The summed E-state index contributed by atoms with van der Waals surface area (Å²) in [5, 5.41) is 0. The maximum atomic E-state index is 12.4. The van der Waals surface area contributed by atoms with Gasteiger partial charge in [-0.2, -0.15) is 0 Å². The summed E-state index contributed by atoms with van der Waals surface area (Å²) < 4.78 is 27.6. The van der Waals surface area contributed by atoms with E-state index >= 15 is 0 Å². The Labute approximate surface area is 116 Å². The molecule has 1 rings (SSSR count). The molecule has 0 bridgehead atoms. The molecule has 1 aromatic rings. The van der Waals surface area contributed by atoms with E-state index in [0.717, 1.165) is 28.8 Å². The zero-order valence-corrected chi connectivity index (χ0v) is 13.5. The van der Waals surface area contributed by atoms with Crippen molar-refractivity contribution in [2.45, 2.75) is 32.6 Å². The molecular formula is C14H25N2O2S+. The monoisotopic (exact) mass is 285 g/mol. The molecule has 0 spiro atoms. The first kappa shape index (κ1) is 16.1. The summed E-state index contributed by atoms with van der Waals surface area (Å²) in [4.78, 5) is 1.66. The van der Waals surface area contributed by atoms with Crippen molar-refractivity contribution in [3.05, 3.63) is 28.3 Å². The van der Waals surface area contributed by atoms with Crippen molar-refractivity contribution in [3.8, 4) is 0 Å². The third kappa shape index (κ3) is 3.78. The number of sulfonamides is 1. The molecule has 0 fully saturated rings. The largest absolute Gasteiger partial charge is 0.339 e. The first-order chi connectivity index (χ1) is 8.66. The summed E-state index contributed by atoms with van der Waals surface area (Å²) in [5.74, 6) is 0. The highest BCUT2D eigenvalue weighted by atomic mass is 32.2. The van der Waals surface area contributed by atoms with Crippen LogP contribution in [0.3, 0.4) is 0 Å². The third-order valence-electron chi connectivity index (χ3n) is 3.48. The Morgan fingerprint density at radius 1 is 1.05 bits per heavy atom. The van der Waals surface area contributed by atoms with Crippen LogP contribution >= 0.6 is 0 Å². The van der Waals surface area contributed by atoms with Crippen LogP contribution < -0.4 is 9.62 Å². The molecular weight excluding hydrogens is 260 g/mol. The van der Waals surface area contributed by atoms with Gasteiger partial charge in [0.25, 0.3) is 0 Å². The zero-order valence-electron chi connectivity index (χ0n) is 12.7. The lowest BCUT2D eigenvalue weighted by Gasteiger charge is -2.16. The van der Waals surface area contributed by atoms with Crippen molar-refractivity contribution in [1.82, 2.24) is 4.72 Å². The van der Waals surface area contributed by atoms with Gasteiger partial charge in [-0.1, -0.05) is 6.07 Å². The second-order valence-corrected chi connectivity index (χ2v) is 7.15. The van der Waals surface area contributed by atoms with Crippen molar-refractivity contribution in [2.75, 3.05) is 27.2 Å². The van der Waals surface area contributed by atoms with E-state index in [1.165, 1.54) is 4.90 Å². The van der Waals surface area contributed by atoms with Gasteiger partial charge in [0.15, 0.2) is 0 Å². The van der Waals surface area contributed by atoms with E-state index in [9.17, 15) is 8.42 Å². The maximum Gasteiger partial charge on any atom is 0.241 e. The van der Waals surface area contributed by atoms with Crippen molar-refractivity contribution >= 4 is 10.0 Å². The zero-order chi connectivity index (χ0) is 14.8. The van der Waals surface area contributed by atoms with Crippen LogP contribution in [0.2, 0.25) is 0 Å². The van der Waals surface area contributed by atoms with Gasteiger partial charge < -0.3 is 4.90 Å². The molecule has 0 saturated carbocycles. The summed E-state index contributed by atoms with van der Waals surface area (Å²) >= 11 is 0. The Morgan fingerprint density at radius 3 is 1.95 bits per heavy atom. The second-order valence-electron chi connectivity index (χ2n) is 5.44. The smallest absolute Gasteiger partial charge is 0.241 e. The van der Waals surface area contributed by atoms with Crippen LogP contribution in [0.25, 0.3) is 0 Å². The summed E-state index contributed by atoms with van der Waals surface area (Å²) in [6.07, 6.45) is 0. The van der Waals surface area contributed by atoms with Gasteiger partial charge in [-0.3, -0.25) is 0 Å². The lowest BCUT2D eigenvalue weighted by atomic mass is 10.0. The summed E-state index contributed by atoms with van der Waals surface area (Å²) in [5.41, 5.74) is 3.71. The minimum absolute atomic E-state index is 0.443. The number of quaternary nitrogens is 1. The fourth-order valence-corrected chi connectivity index (χ4v) is 3.73. The Kier molecular flexibility index (Phi) is 5.12. The molecule has 0 amide bonds. The van der Waals surface area contributed by atoms with E-state index in [-0.39, 0.29) is 0 Å². The van der Waals surface area contributed by atoms with Crippen LogP contribution in [0.15, 0.2) is 11.0 Å². The standard InChI is InChI=1S/C14H24N2O2S/c1-10-9-11(2)13(4)14(12(10)3)19(17,18)15-7-8-16(5)6/h9,15H,7-8H2,1-6H3/p+1. The van der Waals surface area contributed by atoms with Crippen LogP contribution in [-0.4, -0.2) is 35.6 Å². The number of aryl methyl sites for hydroxylation is 2. The molecule has 0 unspecified atom stereocenters. The van der Waals surface area contributed by atoms with Crippen LogP contribution in [0.5, 0.6) is 0 Å². The Balaban J connectivity index is 3.15. The normalized spacial score (nSPS) is 12.2. The topological polar surface area (TPSA) is 50.6 Å². The Hall–Kier alpha value is -0.910. The molecule has 0 heterocycles. The van der Waals surface area contributed by atoms with E-state index in [1.54, 1.807) is 0 Å².